The van der Waals surface area contributed by atoms with Crippen LogP contribution < -0.4 is 15.6 Å². The molecule has 3 rings (SSSR count). The molecule has 25 heavy (non-hydrogen) atoms. The summed E-state index contributed by atoms with van der Waals surface area (Å²) in [6, 6.07) is 20.3. The fourth-order valence-corrected chi connectivity index (χ4v) is 2.67. The summed E-state index contributed by atoms with van der Waals surface area (Å²) in [7, 11) is 0. The Morgan fingerprint density at radius 1 is 0.880 bits per heavy atom. The van der Waals surface area contributed by atoms with Gasteiger partial charge >= 0.3 is 0 Å². The second-order valence-corrected chi connectivity index (χ2v) is 6.23. The van der Waals surface area contributed by atoms with Crippen LogP contribution in [0, 0.1) is 0 Å². The number of rotatable bonds is 4. The van der Waals surface area contributed by atoms with Crippen molar-refractivity contribution in [3.05, 3.63) is 76.8 Å². The first-order valence-electron chi connectivity index (χ1n) is 7.58. The van der Waals surface area contributed by atoms with E-state index in [1.54, 1.807) is 24.3 Å². The Labute approximate surface area is 153 Å². The highest BCUT2D eigenvalue weighted by molar-refractivity contribution is 9.10. The second-order valence-electron chi connectivity index (χ2n) is 5.31. The number of amides is 2. The van der Waals surface area contributed by atoms with Crippen molar-refractivity contribution in [2.45, 2.75) is 0 Å². The van der Waals surface area contributed by atoms with Crippen LogP contribution in [-0.4, -0.2) is 18.4 Å². The number of hydrogen-bond donors (Lipinski definition) is 2. The minimum Gasteiger partial charge on any atom is -0.484 e. The quantitative estimate of drug-likeness (QED) is 0.661. The molecule has 0 saturated carbocycles. The van der Waals surface area contributed by atoms with E-state index >= 15 is 0 Å². The Balaban J connectivity index is 1.51. The molecule has 3 aromatic rings. The van der Waals surface area contributed by atoms with E-state index in [0.29, 0.717) is 11.3 Å². The van der Waals surface area contributed by atoms with Crippen molar-refractivity contribution in [1.82, 2.24) is 10.9 Å². The van der Waals surface area contributed by atoms with Crippen LogP contribution in [0.3, 0.4) is 0 Å². The van der Waals surface area contributed by atoms with Gasteiger partial charge in [0.25, 0.3) is 11.8 Å². The van der Waals surface area contributed by atoms with Gasteiger partial charge in [-0.3, -0.25) is 20.4 Å². The molecular weight excluding hydrogens is 384 g/mol. The lowest BCUT2D eigenvalue weighted by atomic mass is 10.1. The van der Waals surface area contributed by atoms with E-state index in [1.807, 2.05) is 42.5 Å². The predicted molar refractivity (Wildman–Crippen MR) is 99.2 cm³/mol. The number of carbonyl (C=O) groups is 2. The van der Waals surface area contributed by atoms with E-state index in [1.165, 1.54) is 0 Å². The van der Waals surface area contributed by atoms with Crippen molar-refractivity contribution in [2.75, 3.05) is 6.61 Å². The zero-order chi connectivity index (χ0) is 17.6. The van der Waals surface area contributed by atoms with Crippen molar-refractivity contribution in [1.29, 1.82) is 0 Å². The van der Waals surface area contributed by atoms with Crippen molar-refractivity contribution in [3.63, 3.8) is 0 Å². The first-order chi connectivity index (χ1) is 12.1. The molecule has 0 heterocycles. The molecule has 0 spiro atoms. The summed E-state index contributed by atoms with van der Waals surface area (Å²) in [5.74, 6) is -0.260. The van der Waals surface area contributed by atoms with Crippen LogP contribution in [0.25, 0.3) is 10.8 Å². The standard InChI is InChI=1S/C19H15BrN2O3/c20-16-7-3-6-15(10-16)19(24)22-21-18(23)12-25-17-9-8-13-4-1-2-5-14(13)11-17/h1-11H,12H2,(H,21,23)(H,22,24). The molecule has 0 bridgehead atoms. The van der Waals surface area contributed by atoms with Gasteiger partial charge in [-0.2, -0.15) is 0 Å². The molecule has 126 valence electrons. The average molecular weight is 399 g/mol. The van der Waals surface area contributed by atoms with Crippen LogP contribution in [0.15, 0.2) is 71.2 Å². The summed E-state index contributed by atoms with van der Waals surface area (Å²) < 4.78 is 6.25. The number of carbonyl (C=O) groups excluding carboxylic acids is 2. The summed E-state index contributed by atoms with van der Waals surface area (Å²) >= 11 is 3.29. The minimum atomic E-state index is -0.448. The molecule has 0 saturated heterocycles. The van der Waals surface area contributed by atoms with Crippen molar-refractivity contribution >= 4 is 38.5 Å². The molecule has 0 radical (unpaired) electrons. The van der Waals surface area contributed by atoms with Crippen LogP contribution in [0.1, 0.15) is 10.4 Å². The van der Waals surface area contributed by atoms with Gasteiger partial charge in [0.15, 0.2) is 6.61 Å². The molecule has 0 fully saturated rings. The predicted octanol–water partition coefficient (Wildman–Crippen LogP) is 3.44. The molecule has 2 amide bonds. The molecular formula is C19H15BrN2O3. The third-order valence-corrected chi connectivity index (χ3v) is 3.99. The SMILES string of the molecule is O=C(COc1ccc2ccccc2c1)NNC(=O)c1cccc(Br)c1. The van der Waals surface area contributed by atoms with E-state index in [0.717, 1.165) is 15.2 Å². The maximum absolute atomic E-state index is 11.9. The lowest BCUT2D eigenvalue weighted by Gasteiger charge is -2.09. The fourth-order valence-electron chi connectivity index (χ4n) is 2.27. The van der Waals surface area contributed by atoms with Gasteiger partial charge in [-0.15, -0.1) is 0 Å². The Kier molecular flexibility index (Phi) is 5.30. The van der Waals surface area contributed by atoms with Gasteiger partial charge in [0.2, 0.25) is 0 Å². The van der Waals surface area contributed by atoms with Gasteiger partial charge in [0, 0.05) is 10.0 Å². The Hall–Kier alpha value is -2.86. The molecule has 5 nitrogen and oxygen atoms in total. The minimum absolute atomic E-state index is 0.197. The van der Waals surface area contributed by atoms with E-state index in [-0.39, 0.29) is 6.61 Å². The smallest absolute Gasteiger partial charge is 0.276 e. The highest BCUT2D eigenvalue weighted by Gasteiger charge is 2.08. The topological polar surface area (TPSA) is 67.4 Å². The fraction of sp³-hybridized carbons (Fsp3) is 0.0526. The molecule has 0 aliphatic rings. The zero-order valence-corrected chi connectivity index (χ0v) is 14.7. The van der Waals surface area contributed by atoms with Crippen molar-refractivity contribution in [2.24, 2.45) is 0 Å². The number of benzene rings is 3. The van der Waals surface area contributed by atoms with Gasteiger partial charge in [0.1, 0.15) is 5.75 Å². The summed E-state index contributed by atoms with van der Waals surface area (Å²) in [6.07, 6.45) is 0. The third kappa shape index (κ3) is 4.58. The second kappa shape index (κ2) is 7.81. The first-order valence-corrected chi connectivity index (χ1v) is 8.37. The maximum atomic E-state index is 11.9. The van der Waals surface area contributed by atoms with Crippen LogP contribution in [-0.2, 0) is 4.79 Å². The van der Waals surface area contributed by atoms with E-state index in [9.17, 15) is 9.59 Å². The third-order valence-electron chi connectivity index (χ3n) is 3.49. The van der Waals surface area contributed by atoms with Crippen molar-refractivity contribution in [3.8, 4) is 5.75 Å². The summed E-state index contributed by atoms with van der Waals surface area (Å²) in [5, 5.41) is 2.13. The molecule has 3 aromatic carbocycles. The zero-order valence-electron chi connectivity index (χ0n) is 13.2. The first kappa shape index (κ1) is 17.0. The Bertz CT molecular complexity index is 927. The molecule has 0 aliphatic heterocycles. The number of fused-ring (bicyclic) bond motifs is 1. The van der Waals surface area contributed by atoms with E-state index in [2.05, 4.69) is 26.8 Å². The number of ether oxygens (including phenoxy) is 1. The summed E-state index contributed by atoms with van der Waals surface area (Å²) in [4.78, 5) is 23.8. The number of hydrogen-bond acceptors (Lipinski definition) is 3. The normalized spacial score (nSPS) is 10.3. The largest absolute Gasteiger partial charge is 0.484 e. The van der Waals surface area contributed by atoms with Gasteiger partial charge < -0.3 is 4.74 Å². The molecule has 6 heteroatoms. The number of halogens is 1. The van der Waals surface area contributed by atoms with Crippen LogP contribution in [0.5, 0.6) is 5.75 Å². The average Bonchev–Trinajstić information content (AvgIpc) is 2.64. The van der Waals surface area contributed by atoms with Crippen LogP contribution >= 0.6 is 15.9 Å². The highest BCUT2D eigenvalue weighted by atomic mass is 79.9. The van der Waals surface area contributed by atoms with Crippen LogP contribution in [0.4, 0.5) is 0 Å². The van der Waals surface area contributed by atoms with Gasteiger partial charge in [-0.1, -0.05) is 52.3 Å². The van der Waals surface area contributed by atoms with E-state index < -0.39 is 11.8 Å². The Morgan fingerprint density at radius 3 is 2.48 bits per heavy atom. The molecule has 0 aromatic heterocycles. The van der Waals surface area contributed by atoms with Crippen molar-refractivity contribution < 1.29 is 14.3 Å². The van der Waals surface area contributed by atoms with Gasteiger partial charge in [-0.05, 0) is 41.1 Å². The molecule has 0 atom stereocenters. The summed E-state index contributed by atoms with van der Waals surface area (Å²) in [5.41, 5.74) is 5.12. The molecule has 0 aliphatic carbocycles. The lowest BCUT2D eigenvalue weighted by Crippen LogP contribution is -2.43. The molecule has 0 unspecified atom stereocenters. The summed E-state index contributed by atoms with van der Waals surface area (Å²) in [6.45, 7) is -0.197. The lowest BCUT2D eigenvalue weighted by molar-refractivity contribution is -0.123. The Morgan fingerprint density at radius 2 is 1.68 bits per heavy atom. The number of nitrogens with one attached hydrogen (secondary N) is 2. The monoisotopic (exact) mass is 398 g/mol. The number of hydrazine groups is 1. The van der Waals surface area contributed by atoms with Crippen LogP contribution in [0.2, 0.25) is 0 Å². The van der Waals surface area contributed by atoms with Gasteiger partial charge in [-0.25, -0.2) is 0 Å². The highest BCUT2D eigenvalue weighted by Crippen LogP contribution is 2.20. The molecule has 2 N–H and O–H groups in total. The maximum Gasteiger partial charge on any atom is 0.276 e. The van der Waals surface area contributed by atoms with Gasteiger partial charge in [0.05, 0.1) is 0 Å². The van der Waals surface area contributed by atoms with E-state index in [4.69, 9.17) is 4.74 Å².